The number of halogens is 3. The van der Waals surface area contributed by atoms with Crippen LogP contribution in [-0.2, 0) is 6.42 Å². The monoisotopic (exact) mass is 380 g/mol. The number of nitrogens with zero attached hydrogens (tertiary/aromatic N) is 1. The zero-order valence-electron chi connectivity index (χ0n) is 12.2. The van der Waals surface area contributed by atoms with Crippen molar-refractivity contribution in [3.63, 3.8) is 0 Å². The Bertz CT molecular complexity index is 898. The molecule has 2 aromatic carbocycles. The average Bonchev–Trinajstić information content (AvgIpc) is 2.97. The number of hydrogen-bond acceptors (Lipinski definition) is 3. The van der Waals surface area contributed by atoms with Crippen molar-refractivity contribution in [2.45, 2.75) is 6.42 Å². The van der Waals surface area contributed by atoms with Crippen molar-refractivity contribution in [3.05, 3.63) is 80.5 Å². The molecule has 0 spiro atoms. The second-order valence-corrected chi connectivity index (χ2v) is 6.89. The van der Waals surface area contributed by atoms with Crippen molar-refractivity contribution < 1.29 is 9.18 Å². The van der Waals surface area contributed by atoms with E-state index in [0.29, 0.717) is 16.6 Å². The summed E-state index contributed by atoms with van der Waals surface area (Å²) in [5.41, 5.74) is 1.13. The van der Waals surface area contributed by atoms with E-state index in [1.807, 2.05) is 6.07 Å². The summed E-state index contributed by atoms with van der Waals surface area (Å²) >= 11 is 13.3. The van der Waals surface area contributed by atoms with E-state index in [0.717, 1.165) is 10.4 Å². The van der Waals surface area contributed by atoms with E-state index in [4.69, 9.17) is 23.2 Å². The van der Waals surface area contributed by atoms with Gasteiger partial charge in [0.25, 0.3) is 5.91 Å². The van der Waals surface area contributed by atoms with Crippen LogP contribution in [0.3, 0.4) is 0 Å². The van der Waals surface area contributed by atoms with Crippen molar-refractivity contribution in [1.82, 2.24) is 4.98 Å². The van der Waals surface area contributed by atoms with Gasteiger partial charge in [-0.2, -0.15) is 0 Å². The lowest BCUT2D eigenvalue weighted by Crippen LogP contribution is -2.12. The lowest BCUT2D eigenvalue weighted by molar-refractivity contribution is 0.102. The van der Waals surface area contributed by atoms with Gasteiger partial charge < -0.3 is 0 Å². The summed E-state index contributed by atoms with van der Waals surface area (Å²) in [5.74, 6) is -0.657. The van der Waals surface area contributed by atoms with E-state index in [2.05, 4.69) is 10.3 Å². The molecule has 0 atom stereocenters. The molecule has 0 saturated heterocycles. The first kappa shape index (κ1) is 16.9. The smallest absolute Gasteiger partial charge is 0.259 e. The molecule has 1 N–H and O–H groups in total. The minimum Gasteiger partial charge on any atom is -0.298 e. The fourth-order valence-electron chi connectivity index (χ4n) is 2.14. The van der Waals surface area contributed by atoms with Gasteiger partial charge in [0.2, 0.25) is 0 Å². The van der Waals surface area contributed by atoms with Crippen molar-refractivity contribution in [3.8, 4) is 0 Å². The van der Waals surface area contributed by atoms with Gasteiger partial charge in [0, 0.05) is 17.5 Å². The molecule has 1 heterocycles. The summed E-state index contributed by atoms with van der Waals surface area (Å²) in [5, 5.41) is 3.66. The standard InChI is InChI=1S/C17H11Cl2FN2OS/c18-14-6-2-5-13(15(14)19)16(23)22-17-21-9-12(24-17)8-10-3-1-4-11(20)7-10/h1-7,9H,8H2,(H,21,22,23). The van der Waals surface area contributed by atoms with Gasteiger partial charge in [-0.3, -0.25) is 10.1 Å². The van der Waals surface area contributed by atoms with Crippen LogP contribution in [0.15, 0.2) is 48.7 Å². The number of carbonyl (C=O) groups is 1. The zero-order valence-corrected chi connectivity index (χ0v) is 14.6. The molecule has 7 heteroatoms. The topological polar surface area (TPSA) is 42.0 Å². The number of hydrogen-bond donors (Lipinski definition) is 1. The molecule has 0 radical (unpaired) electrons. The molecule has 0 aliphatic rings. The van der Waals surface area contributed by atoms with Gasteiger partial charge in [-0.15, -0.1) is 11.3 Å². The molecule has 3 rings (SSSR count). The lowest BCUT2D eigenvalue weighted by atomic mass is 10.1. The molecule has 1 aromatic heterocycles. The van der Waals surface area contributed by atoms with Crippen LogP contribution in [0, 0.1) is 5.82 Å². The fourth-order valence-corrected chi connectivity index (χ4v) is 3.37. The molecule has 0 fully saturated rings. The van der Waals surface area contributed by atoms with Gasteiger partial charge in [0.15, 0.2) is 5.13 Å². The molecule has 0 aliphatic carbocycles. The Morgan fingerprint density at radius 3 is 2.79 bits per heavy atom. The van der Waals surface area contributed by atoms with Gasteiger partial charge in [-0.1, -0.05) is 41.4 Å². The number of thiazole rings is 1. The first-order valence-corrected chi connectivity index (χ1v) is 8.54. The van der Waals surface area contributed by atoms with E-state index in [1.165, 1.54) is 23.5 Å². The Hall–Kier alpha value is -1.95. The maximum absolute atomic E-state index is 13.2. The summed E-state index contributed by atoms with van der Waals surface area (Å²) in [7, 11) is 0. The highest BCUT2D eigenvalue weighted by Crippen LogP contribution is 2.27. The maximum atomic E-state index is 13.2. The Morgan fingerprint density at radius 1 is 1.21 bits per heavy atom. The first-order valence-electron chi connectivity index (χ1n) is 6.97. The molecule has 0 aliphatic heterocycles. The van der Waals surface area contributed by atoms with Crippen LogP contribution < -0.4 is 5.32 Å². The van der Waals surface area contributed by atoms with Crippen molar-refractivity contribution >= 4 is 45.6 Å². The Morgan fingerprint density at radius 2 is 2.00 bits per heavy atom. The van der Waals surface area contributed by atoms with E-state index < -0.39 is 0 Å². The maximum Gasteiger partial charge on any atom is 0.259 e. The van der Waals surface area contributed by atoms with Crippen molar-refractivity contribution in [2.24, 2.45) is 0 Å². The van der Waals surface area contributed by atoms with Crippen LogP contribution in [0.4, 0.5) is 9.52 Å². The minimum atomic E-state index is -0.380. The number of aromatic nitrogens is 1. The van der Waals surface area contributed by atoms with Gasteiger partial charge in [0.1, 0.15) is 5.82 Å². The molecule has 1 amide bonds. The van der Waals surface area contributed by atoms with Gasteiger partial charge in [0.05, 0.1) is 15.6 Å². The van der Waals surface area contributed by atoms with Gasteiger partial charge in [-0.25, -0.2) is 9.37 Å². The highest BCUT2D eigenvalue weighted by Gasteiger charge is 2.14. The van der Waals surface area contributed by atoms with E-state index in [9.17, 15) is 9.18 Å². The number of benzene rings is 2. The molecule has 3 aromatic rings. The quantitative estimate of drug-likeness (QED) is 0.655. The summed E-state index contributed by atoms with van der Waals surface area (Å²) in [6, 6.07) is 11.2. The molecule has 0 saturated carbocycles. The fraction of sp³-hybridized carbons (Fsp3) is 0.0588. The average molecular weight is 381 g/mol. The first-order chi connectivity index (χ1) is 11.5. The van der Waals surface area contributed by atoms with Crippen LogP contribution in [0.25, 0.3) is 0 Å². The van der Waals surface area contributed by atoms with Crippen LogP contribution >= 0.6 is 34.5 Å². The molecule has 24 heavy (non-hydrogen) atoms. The van der Waals surface area contributed by atoms with Crippen LogP contribution in [0.2, 0.25) is 10.0 Å². The Kier molecular flexibility index (Phi) is 5.14. The third-order valence-corrected chi connectivity index (χ3v) is 4.97. The molecule has 3 nitrogen and oxygen atoms in total. The number of anilines is 1. The molecular formula is C17H11Cl2FN2OS. The Labute approximate surface area is 152 Å². The summed E-state index contributed by atoms with van der Waals surface area (Å²) in [6.07, 6.45) is 2.20. The summed E-state index contributed by atoms with van der Waals surface area (Å²) in [6.45, 7) is 0. The van der Waals surface area contributed by atoms with E-state index in [1.54, 1.807) is 30.5 Å². The van der Waals surface area contributed by atoms with Crippen LogP contribution in [0.1, 0.15) is 20.8 Å². The minimum absolute atomic E-state index is 0.202. The van der Waals surface area contributed by atoms with E-state index in [-0.39, 0.29) is 22.3 Å². The number of carbonyl (C=O) groups excluding carboxylic acids is 1. The second kappa shape index (κ2) is 7.30. The predicted octanol–water partition coefficient (Wildman–Crippen LogP) is 5.43. The van der Waals surface area contributed by atoms with Crippen molar-refractivity contribution in [2.75, 3.05) is 5.32 Å². The van der Waals surface area contributed by atoms with Crippen molar-refractivity contribution in [1.29, 1.82) is 0 Å². The normalized spacial score (nSPS) is 10.6. The lowest BCUT2D eigenvalue weighted by Gasteiger charge is -2.05. The number of nitrogens with one attached hydrogen (secondary N) is 1. The van der Waals surface area contributed by atoms with E-state index >= 15 is 0 Å². The second-order valence-electron chi connectivity index (χ2n) is 4.99. The SMILES string of the molecule is O=C(Nc1ncc(Cc2cccc(F)c2)s1)c1cccc(Cl)c1Cl. The predicted molar refractivity (Wildman–Crippen MR) is 95.7 cm³/mol. The molecular weight excluding hydrogens is 370 g/mol. The number of amides is 1. The summed E-state index contributed by atoms with van der Waals surface area (Å²) in [4.78, 5) is 17.3. The number of rotatable bonds is 4. The molecule has 0 unspecified atom stereocenters. The highest BCUT2D eigenvalue weighted by atomic mass is 35.5. The zero-order chi connectivity index (χ0) is 17.1. The summed E-state index contributed by atoms with van der Waals surface area (Å²) < 4.78 is 13.2. The third kappa shape index (κ3) is 3.93. The third-order valence-electron chi connectivity index (χ3n) is 3.24. The molecule has 122 valence electrons. The van der Waals surface area contributed by atoms with Gasteiger partial charge in [-0.05, 0) is 29.8 Å². The Balaban J connectivity index is 1.72. The largest absolute Gasteiger partial charge is 0.298 e. The molecule has 0 bridgehead atoms. The van der Waals surface area contributed by atoms with Gasteiger partial charge >= 0.3 is 0 Å². The van der Waals surface area contributed by atoms with Crippen LogP contribution in [-0.4, -0.2) is 10.9 Å². The highest BCUT2D eigenvalue weighted by molar-refractivity contribution is 7.15. The van der Waals surface area contributed by atoms with Crippen LogP contribution in [0.5, 0.6) is 0 Å².